The maximum atomic E-state index is 13.1. The molecule has 1 heterocycles. The molecule has 30 heavy (non-hydrogen) atoms. The first kappa shape index (κ1) is 20.3. The number of carbonyl (C=O) groups is 2. The van der Waals surface area contributed by atoms with Crippen molar-refractivity contribution < 1.29 is 18.7 Å². The Morgan fingerprint density at radius 3 is 2.67 bits per heavy atom. The van der Waals surface area contributed by atoms with Gasteiger partial charge in [-0.3, -0.25) is 9.36 Å². The van der Waals surface area contributed by atoms with Gasteiger partial charge in [-0.1, -0.05) is 20.8 Å². The zero-order valence-corrected chi connectivity index (χ0v) is 17.3. The summed E-state index contributed by atoms with van der Waals surface area (Å²) < 4.78 is 19.7. The zero-order valence-electron chi connectivity index (χ0n) is 17.3. The van der Waals surface area contributed by atoms with Crippen LogP contribution in [0.15, 0.2) is 41.9 Å². The number of esters is 1. The molecule has 2 saturated carbocycles. The highest BCUT2D eigenvalue weighted by Gasteiger charge is 2.60. The monoisotopic (exact) mass is 412 g/mol. The minimum absolute atomic E-state index is 0.0106. The summed E-state index contributed by atoms with van der Waals surface area (Å²) in [6.07, 6.45) is 5.91. The van der Waals surface area contributed by atoms with Crippen molar-refractivity contribution in [3.8, 4) is 5.69 Å². The molecule has 1 aromatic heterocycles. The van der Waals surface area contributed by atoms with Gasteiger partial charge in [0, 0.05) is 16.8 Å². The van der Waals surface area contributed by atoms with Gasteiger partial charge >= 0.3 is 5.97 Å². The Morgan fingerprint density at radius 2 is 2.03 bits per heavy atom. The third-order valence-electron chi connectivity index (χ3n) is 7.11. The topological polar surface area (TPSA) is 85.6 Å². The minimum Gasteiger partial charge on any atom is -0.451 e. The molecule has 2 aliphatic carbocycles. The predicted octanol–water partition coefficient (Wildman–Crippen LogP) is 3.49. The van der Waals surface area contributed by atoms with Gasteiger partial charge in [-0.15, -0.1) is 0 Å². The van der Waals surface area contributed by atoms with Crippen molar-refractivity contribution in [1.82, 2.24) is 15.0 Å². The van der Waals surface area contributed by atoms with Crippen LogP contribution in [0.3, 0.4) is 0 Å². The second-order valence-corrected chi connectivity index (χ2v) is 8.79. The molecule has 2 bridgehead atoms. The number of carbonyl (C=O) groups excluding carboxylic acids is 2. The van der Waals surface area contributed by atoms with E-state index in [0.717, 1.165) is 18.6 Å². The first-order valence-corrected chi connectivity index (χ1v) is 10.0. The summed E-state index contributed by atoms with van der Waals surface area (Å²) in [5.74, 6) is -0.989. The number of imidazole rings is 1. The molecular formula is C22H25FN4O3. The Labute approximate surface area is 174 Å². The molecule has 2 aliphatic rings. The number of aromatic nitrogens is 2. The lowest BCUT2D eigenvalue weighted by molar-refractivity contribution is -0.124. The van der Waals surface area contributed by atoms with Gasteiger partial charge in [0.2, 0.25) is 0 Å². The quantitative estimate of drug-likeness (QED) is 0.602. The number of amides is 1. The molecule has 1 aromatic carbocycles. The molecule has 1 N–H and O–H groups in total. The van der Waals surface area contributed by atoms with Crippen LogP contribution in [0.25, 0.3) is 5.69 Å². The van der Waals surface area contributed by atoms with Crippen LogP contribution in [-0.4, -0.2) is 33.7 Å². The lowest BCUT2D eigenvalue weighted by atomic mass is 9.70. The molecule has 2 aromatic rings. The average molecular weight is 412 g/mol. The van der Waals surface area contributed by atoms with Crippen LogP contribution in [0, 0.1) is 22.6 Å². The van der Waals surface area contributed by atoms with Crippen LogP contribution >= 0.6 is 0 Å². The van der Waals surface area contributed by atoms with Crippen molar-refractivity contribution >= 4 is 17.6 Å². The van der Waals surface area contributed by atoms with E-state index in [0.29, 0.717) is 11.6 Å². The Balaban J connectivity index is 1.36. The number of hydrogen-bond donors (Lipinski definition) is 1. The fourth-order valence-corrected chi connectivity index (χ4v) is 4.72. The number of benzene rings is 1. The van der Waals surface area contributed by atoms with E-state index in [1.807, 2.05) is 0 Å². The van der Waals surface area contributed by atoms with Crippen LogP contribution in [0.4, 0.5) is 4.39 Å². The second-order valence-electron chi connectivity index (χ2n) is 8.79. The predicted molar refractivity (Wildman–Crippen MR) is 109 cm³/mol. The fourth-order valence-electron chi connectivity index (χ4n) is 4.72. The number of nitrogens with zero attached hydrogens (tertiary/aromatic N) is 3. The number of nitrogens with one attached hydrogen (secondary N) is 1. The van der Waals surface area contributed by atoms with Crippen LogP contribution in [-0.2, 0) is 9.53 Å². The largest absolute Gasteiger partial charge is 0.451 e. The molecule has 158 valence electrons. The summed E-state index contributed by atoms with van der Waals surface area (Å²) in [7, 11) is 0. The van der Waals surface area contributed by atoms with Crippen molar-refractivity contribution in [2.45, 2.75) is 40.0 Å². The van der Waals surface area contributed by atoms with E-state index < -0.39 is 18.5 Å². The molecule has 7 nitrogen and oxygen atoms in total. The maximum absolute atomic E-state index is 13.1. The van der Waals surface area contributed by atoms with Gasteiger partial charge in [0.1, 0.15) is 5.82 Å². The van der Waals surface area contributed by atoms with Gasteiger partial charge < -0.3 is 4.74 Å². The van der Waals surface area contributed by atoms with Crippen LogP contribution in [0.2, 0.25) is 0 Å². The van der Waals surface area contributed by atoms with E-state index >= 15 is 0 Å². The van der Waals surface area contributed by atoms with E-state index in [-0.39, 0.29) is 22.3 Å². The molecule has 2 fully saturated rings. The molecule has 2 atom stereocenters. The Morgan fingerprint density at radius 1 is 1.30 bits per heavy atom. The molecule has 4 rings (SSSR count). The summed E-state index contributed by atoms with van der Waals surface area (Å²) in [6, 6.07) is 5.62. The number of rotatable bonds is 5. The summed E-state index contributed by atoms with van der Waals surface area (Å²) in [5, 5.41) is 4.36. The number of ether oxygens (including phenoxy) is 1. The SMILES string of the molecule is CC12CCC(C/C1=N/NC(=O)COC(=O)c1cncn1-c1ccc(F)cc1)C2(C)C. The highest BCUT2D eigenvalue weighted by Crippen LogP contribution is 2.63. The summed E-state index contributed by atoms with van der Waals surface area (Å²) in [4.78, 5) is 28.5. The van der Waals surface area contributed by atoms with Crippen molar-refractivity contribution in [3.63, 3.8) is 0 Å². The van der Waals surface area contributed by atoms with Crippen molar-refractivity contribution in [2.24, 2.45) is 21.8 Å². The van der Waals surface area contributed by atoms with E-state index in [4.69, 9.17) is 4.74 Å². The van der Waals surface area contributed by atoms with Crippen molar-refractivity contribution in [2.75, 3.05) is 6.61 Å². The smallest absolute Gasteiger partial charge is 0.357 e. The fraction of sp³-hybridized carbons (Fsp3) is 0.455. The lowest BCUT2D eigenvalue weighted by Crippen LogP contribution is -2.35. The minimum atomic E-state index is -0.701. The van der Waals surface area contributed by atoms with E-state index in [1.54, 1.807) is 0 Å². The normalized spacial score (nSPS) is 25.5. The van der Waals surface area contributed by atoms with Crippen LogP contribution in [0.1, 0.15) is 50.5 Å². The highest BCUT2D eigenvalue weighted by atomic mass is 19.1. The van der Waals surface area contributed by atoms with Gasteiger partial charge in [-0.05, 0) is 54.9 Å². The van der Waals surface area contributed by atoms with Gasteiger partial charge in [0.05, 0.1) is 12.5 Å². The van der Waals surface area contributed by atoms with Gasteiger partial charge in [0.15, 0.2) is 12.3 Å². The van der Waals surface area contributed by atoms with Crippen LogP contribution < -0.4 is 5.43 Å². The highest BCUT2D eigenvalue weighted by molar-refractivity contribution is 5.95. The van der Waals surface area contributed by atoms with Gasteiger partial charge in [0.25, 0.3) is 5.91 Å². The molecule has 1 amide bonds. The molecule has 0 aliphatic heterocycles. The summed E-state index contributed by atoms with van der Waals surface area (Å²) >= 11 is 0. The second kappa shape index (κ2) is 7.34. The zero-order chi connectivity index (χ0) is 21.5. The third-order valence-corrected chi connectivity index (χ3v) is 7.11. The van der Waals surface area contributed by atoms with Crippen molar-refractivity contribution in [1.29, 1.82) is 0 Å². The Hall–Kier alpha value is -3.03. The van der Waals surface area contributed by atoms with Gasteiger partial charge in [-0.2, -0.15) is 5.10 Å². The van der Waals surface area contributed by atoms with E-state index in [9.17, 15) is 14.0 Å². The molecular weight excluding hydrogens is 387 g/mol. The number of halogens is 1. The van der Waals surface area contributed by atoms with Crippen molar-refractivity contribution in [3.05, 3.63) is 48.3 Å². The number of fused-ring (bicyclic) bond motifs is 2. The number of hydrogen-bond acceptors (Lipinski definition) is 5. The molecule has 0 spiro atoms. The van der Waals surface area contributed by atoms with Crippen LogP contribution in [0.5, 0.6) is 0 Å². The molecule has 0 radical (unpaired) electrons. The molecule has 8 heteroatoms. The molecule has 2 unspecified atom stereocenters. The standard InChI is InChI=1S/C22H25FN4O3/c1-21(2)14-8-9-22(21,3)18(10-14)25-26-19(28)12-30-20(29)17-11-24-13-27(17)16-6-4-15(23)5-7-16/h4-7,11,13-14H,8-10,12H2,1-3H3,(H,26,28)/b25-18-. The molecule has 0 saturated heterocycles. The third kappa shape index (κ3) is 3.30. The van der Waals surface area contributed by atoms with E-state index in [2.05, 4.69) is 36.3 Å². The maximum Gasteiger partial charge on any atom is 0.357 e. The average Bonchev–Trinajstić information content (AvgIpc) is 3.34. The van der Waals surface area contributed by atoms with Gasteiger partial charge in [-0.25, -0.2) is 19.6 Å². The first-order chi connectivity index (χ1) is 14.2. The summed E-state index contributed by atoms with van der Waals surface area (Å²) in [6.45, 7) is 6.29. The summed E-state index contributed by atoms with van der Waals surface area (Å²) in [5.41, 5.74) is 4.40. The lowest BCUT2D eigenvalue weighted by Gasteiger charge is -2.34. The van der Waals surface area contributed by atoms with E-state index in [1.165, 1.54) is 47.8 Å². The first-order valence-electron chi connectivity index (χ1n) is 10.0. The number of hydrazone groups is 1. The Kier molecular flexibility index (Phi) is 4.95. The Bertz CT molecular complexity index is 1010.